The molecule has 0 bridgehead atoms. The summed E-state index contributed by atoms with van der Waals surface area (Å²) in [5.41, 5.74) is 1.73. The molecule has 1 heterocycles. The lowest BCUT2D eigenvalue weighted by Gasteiger charge is -2.10. The van der Waals surface area contributed by atoms with E-state index in [1.165, 1.54) is 6.07 Å². The van der Waals surface area contributed by atoms with Crippen LogP contribution >= 0.6 is 0 Å². The minimum absolute atomic E-state index is 0.155. The molecule has 1 atom stereocenters. The number of aryl methyl sites for hydroxylation is 1. The number of hydrogen-bond donors (Lipinski definition) is 1. The van der Waals surface area contributed by atoms with Crippen LogP contribution in [-0.4, -0.2) is 37.9 Å². The van der Waals surface area contributed by atoms with Crippen LogP contribution in [0.1, 0.15) is 18.4 Å². The lowest BCUT2D eigenvalue weighted by atomic mass is 10.1. The molecule has 0 aromatic heterocycles. The van der Waals surface area contributed by atoms with Gasteiger partial charge in [-0.25, -0.2) is 0 Å². The predicted molar refractivity (Wildman–Crippen MR) is 80.7 cm³/mol. The average Bonchev–Trinajstić information content (AvgIpc) is 2.95. The van der Waals surface area contributed by atoms with E-state index in [-0.39, 0.29) is 10.6 Å². The summed E-state index contributed by atoms with van der Waals surface area (Å²) in [6.07, 6.45) is 2.00. The van der Waals surface area contributed by atoms with Gasteiger partial charge in [-0.1, -0.05) is 0 Å². The first-order chi connectivity index (χ1) is 10.2. The molecule has 0 saturated carbocycles. The molecule has 116 valence electrons. The van der Waals surface area contributed by atoms with Crippen molar-refractivity contribution in [3.8, 4) is 0 Å². The van der Waals surface area contributed by atoms with Crippen LogP contribution < -0.4 is 5.32 Å². The Bertz CT molecular complexity index is 473. The zero-order valence-electron chi connectivity index (χ0n) is 12.3. The fraction of sp³-hybridized carbons (Fsp3) is 0.600. The Kier molecular flexibility index (Phi) is 5.95. The molecular weight excluding hydrogens is 272 g/mol. The molecule has 1 N–H and O–H groups in total. The average molecular weight is 294 g/mol. The summed E-state index contributed by atoms with van der Waals surface area (Å²) in [5.74, 6) is 0.551. The van der Waals surface area contributed by atoms with Crippen LogP contribution in [0.5, 0.6) is 0 Å². The van der Waals surface area contributed by atoms with Crippen LogP contribution in [0, 0.1) is 23.0 Å². The van der Waals surface area contributed by atoms with E-state index in [1.54, 1.807) is 19.1 Å². The summed E-state index contributed by atoms with van der Waals surface area (Å²) in [6, 6.07) is 5.07. The number of nitro groups is 1. The third-order valence-electron chi connectivity index (χ3n) is 3.57. The van der Waals surface area contributed by atoms with Crippen molar-refractivity contribution in [2.75, 3.05) is 38.3 Å². The van der Waals surface area contributed by atoms with E-state index in [9.17, 15) is 10.1 Å². The molecule has 0 unspecified atom stereocenters. The van der Waals surface area contributed by atoms with E-state index < -0.39 is 0 Å². The number of anilines is 1. The number of nitro benzene ring substituents is 1. The van der Waals surface area contributed by atoms with E-state index in [1.807, 2.05) is 0 Å². The van der Waals surface area contributed by atoms with Crippen molar-refractivity contribution in [2.45, 2.75) is 19.8 Å². The molecule has 1 aliphatic heterocycles. The molecule has 21 heavy (non-hydrogen) atoms. The van der Waals surface area contributed by atoms with Crippen LogP contribution in [-0.2, 0) is 9.47 Å². The SMILES string of the molecule is Cc1cc(NCCCOC[C@H]2CCOC2)ccc1[N+](=O)[O-]. The highest BCUT2D eigenvalue weighted by Crippen LogP contribution is 2.21. The first-order valence-electron chi connectivity index (χ1n) is 7.31. The minimum Gasteiger partial charge on any atom is -0.385 e. The molecule has 2 rings (SSSR count). The van der Waals surface area contributed by atoms with Gasteiger partial charge in [0.2, 0.25) is 0 Å². The normalized spacial score (nSPS) is 17.9. The maximum absolute atomic E-state index is 10.7. The Balaban J connectivity index is 1.62. The first kappa shape index (κ1) is 15.7. The largest absolute Gasteiger partial charge is 0.385 e. The lowest BCUT2D eigenvalue weighted by molar-refractivity contribution is -0.385. The van der Waals surface area contributed by atoms with E-state index in [0.29, 0.717) is 11.5 Å². The second kappa shape index (κ2) is 7.95. The van der Waals surface area contributed by atoms with Gasteiger partial charge in [0.25, 0.3) is 5.69 Å². The highest BCUT2D eigenvalue weighted by molar-refractivity contribution is 5.53. The molecule has 1 aromatic rings. The Morgan fingerprint density at radius 3 is 3.05 bits per heavy atom. The van der Waals surface area contributed by atoms with Crippen LogP contribution in [0.2, 0.25) is 0 Å². The van der Waals surface area contributed by atoms with Crippen LogP contribution in [0.15, 0.2) is 18.2 Å². The van der Waals surface area contributed by atoms with Gasteiger partial charge in [0.05, 0.1) is 18.1 Å². The van der Waals surface area contributed by atoms with E-state index in [4.69, 9.17) is 9.47 Å². The Hall–Kier alpha value is -1.66. The smallest absolute Gasteiger partial charge is 0.272 e. The van der Waals surface area contributed by atoms with Gasteiger partial charge in [0.15, 0.2) is 0 Å². The lowest BCUT2D eigenvalue weighted by Crippen LogP contribution is -2.12. The monoisotopic (exact) mass is 294 g/mol. The summed E-state index contributed by atoms with van der Waals surface area (Å²) in [6.45, 7) is 5.70. The number of rotatable bonds is 8. The van der Waals surface area contributed by atoms with Crippen molar-refractivity contribution in [1.29, 1.82) is 0 Å². The summed E-state index contributed by atoms with van der Waals surface area (Å²) < 4.78 is 10.9. The molecule has 0 amide bonds. The molecule has 0 aliphatic carbocycles. The van der Waals surface area contributed by atoms with Crippen molar-refractivity contribution in [3.05, 3.63) is 33.9 Å². The fourth-order valence-corrected chi connectivity index (χ4v) is 2.34. The highest BCUT2D eigenvalue weighted by atomic mass is 16.6. The quantitative estimate of drug-likeness (QED) is 0.453. The Morgan fingerprint density at radius 1 is 1.52 bits per heavy atom. The molecule has 1 aliphatic rings. The predicted octanol–water partition coefficient (Wildman–Crippen LogP) is 2.76. The van der Waals surface area contributed by atoms with E-state index in [0.717, 1.165) is 51.5 Å². The molecule has 0 spiro atoms. The second-order valence-electron chi connectivity index (χ2n) is 5.34. The first-order valence-corrected chi connectivity index (χ1v) is 7.31. The van der Waals surface area contributed by atoms with Crippen LogP contribution in [0.3, 0.4) is 0 Å². The van der Waals surface area contributed by atoms with Crippen molar-refractivity contribution >= 4 is 11.4 Å². The van der Waals surface area contributed by atoms with Gasteiger partial charge in [-0.15, -0.1) is 0 Å². The standard InChI is InChI=1S/C15H22N2O4/c1-12-9-14(3-4-15(12)17(18)19)16-6-2-7-20-10-13-5-8-21-11-13/h3-4,9,13,16H,2,5-8,10-11H2,1H3/t13-/m1/s1. The van der Waals surface area contributed by atoms with Crippen molar-refractivity contribution in [1.82, 2.24) is 0 Å². The molecule has 1 saturated heterocycles. The molecule has 1 aromatic carbocycles. The number of hydrogen-bond acceptors (Lipinski definition) is 5. The minimum atomic E-state index is -0.361. The number of benzene rings is 1. The summed E-state index contributed by atoms with van der Waals surface area (Å²) in [5, 5.41) is 14.0. The van der Waals surface area contributed by atoms with Gasteiger partial charge >= 0.3 is 0 Å². The topological polar surface area (TPSA) is 73.6 Å². The Morgan fingerprint density at radius 2 is 2.38 bits per heavy atom. The van der Waals surface area contributed by atoms with E-state index >= 15 is 0 Å². The van der Waals surface area contributed by atoms with Crippen molar-refractivity contribution in [3.63, 3.8) is 0 Å². The highest BCUT2D eigenvalue weighted by Gasteiger charge is 2.15. The summed E-state index contributed by atoms with van der Waals surface area (Å²) in [4.78, 5) is 10.4. The summed E-state index contributed by atoms with van der Waals surface area (Å²) in [7, 11) is 0. The van der Waals surface area contributed by atoms with Crippen LogP contribution in [0.4, 0.5) is 11.4 Å². The van der Waals surface area contributed by atoms with Gasteiger partial charge in [-0.05, 0) is 31.9 Å². The van der Waals surface area contributed by atoms with Gasteiger partial charge in [0.1, 0.15) is 0 Å². The number of nitrogens with zero attached hydrogens (tertiary/aromatic N) is 1. The maximum Gasteiger partial charge on any atom is 0.272 e. The molecule has 1 fully saturated rings. The van der Waals surface area contributed by atoms with Gasteiger partial charge in [-0.2, -0.15) is 0 Å². The molecule has 0 radical (unpaired) electrons. The zero-order valence-corrected chi connectivity index (χ0v) is 12.3. The van der Waals surface area contributed by atoms with Gasteiger partial charge in [0, 0.05) is 43.0 Å². The van der Waals surface area contributed by atoms with Gasteiger partial charge in [-0.3, -0.25) is 10.1 Å². The van der Waals surface area contributed by atoms with Crippen molar-refractivity contribution in [2.24, 2.45) is 5.92 Å². The van der Waals surface area contributed by atoms with E-state index in [2.05, 4.69) is 5.32 Å². The van der Waals surface area contributed by atoms with Gasteiger partial charge < -0.3 is 14.8 Å². The number of ether oxygens (including phenoxy) is 2. The maximum atomic E-state index is 10.7. The zero-order chi connectivity index (χ0) is 15.1. The Labute approximate surface area is 124 Å². The second-order valence-corrected chi connectivity index (χ2v) is 5.34. The molecule has 6 heteroatoms. The third-order valence-corrected chi connectivity index (χ3v) is 3.57. The fourth-order valence-electron chi connectivity index (χ4n) is 2.34. The van der Waals surface area contributed by atoms with Crippen molar-refractivity contribution < 1.29 is 14.4 Å². The number of nitrogens with one attached hydrogen (secondary N) is 1. The van der Waals surface area contributed by atoms with Crippen LogP contribution in [0.25, 0.3) is 0 Å². The third kappa shape index (κ3) is 4.99. The molecule has 6 nitrogen and oxygen atoms in total. The molecular formula is C15H22N2O4. The summed E-state index contributed by atoms with van der Waals surface area (Å²) >= 11 is 0.